The van der Waals surface area contributed by atoms with E-state index < -0.39 is 35.6 Å². The zero-order chi connectivity index (χ0) is 28.8. The van der Waals surface area contributed by atoms with Crippen LogP contribution in [-0.2, 0) is 11.4 Å². The lowest BCUT2D eigenvalue weighted by Crippen LogP contribution is -2.48. The number of carbonyl (C=O) groups excluding carboxylic acids is 2. The highest BCUT2D eigenvalue weighted by Crippen LogP contribution is 2.45. The quantitative estimate of drug-likeness (QED) is 0.138. The molecule has 12 heteroatoms. The largest absolute Gasteiger partial charge is 0.465 e. The summed E-state index contributed by atoms with van der Waals surface area (Å²) >= 11 is 0. The average molecular weight is 548 g/mol. The number of primary amides is 1. The summed E-state index contributed by atoms with van der Waals surface area (Å²) in [6, 6.07) is 17.3. The number of nitrogens with one attached hydrogen (secondary N) is 2. The summed E-state index contributed by atoms with van der Waals surface area (Å²) < 4.78 is 0. The summed E-state index contributed by atoms with van der Waals surface area (Å²) in [7, 11) is 0. The molecule has 0 heterocycles. The maximum absolute atomic E-state index is 13.5. The number of aliphatic hydroxyl groups is 1. The molecular weight excluding hydrogens is 518 g/mol. The van der Waals surface area contributed by atoms with E-state index in [4.69, 9.17) is 5.73 Å². The molecule has 1 aliphatic carbocycles. The number of nitro benzene ring substituents is 1. The van der Waals surface area contributed by atoms with Gasteiger partial charge in [-0.25, -0.2) is 9.59 Å². The van der Waals surface area contributed by atoms with E-state index in [0.717, 1.165) is 33.2 Å². The Labute approximate surface area is 229 Å². The Morgan fingerprint density at radius 1 is 1.02 bits per heavy atom. The number of rotatable bonds is 11. The number of nitro groups is 1. The minimum absolute atomic E-state index is 0.0196. The van der Waals surface area contributed by atoms with Gasteiger partial charge in [-0.15, -0.1) is 0 Å². The highest BCUT2D eigenvalue weighted by atomic mass is 16.6. The fourth-order valence-electron chi connectivity index (χ4n) is 5.10. The first kappa shape index (κ1) is 28.0. The first-order valence-corrected chi connectivity index (χ1v) is 12.6. The highest BCUT2D eigenvalue weighted by Gasteiger charge is 2.36. The maximum atomic E-state index is 13.5. The molecule has 6 N–H and O–H groups in total. The number of anilines is 1. The molecule has 0 aromatic heterocycles. The average Bonchev–Trinajstić information content (AvgIpc) is 3.25. The fourth-order valence-corrected chi connectivity index (χ4v) is 5.10. The van der Waals surface area contributed by atoms with Crippen molar-refractivity contribution >= 4 is 29.4 Å². The van der Waals surface area contributed by atoms with Gasteiger partial charge >= 0.3 is 12.1 Å². The zero-order valence-electron chi connectivity index (χ0n) is 21.4. The number of aliphatic hydroxyl groups excluding tert-OH is 1. The molecule has 0 radical (unpaired) electrons. The van der Waals surface area contributed by atoms with Crippen molar-refractivity contribution in [1.82, 2.24) is 10.2 Å². The second-order valence-electron chi connectivity index (χ2n) is 9.36. The van der Waals surface area contributed by atoms with E-state index in [1.165, 1.54) is 12.1 Å². The molecule has 0 spiro atoms. The lowest BCUT2D eigenvalue weighted by Gasteiger charge is -2.31. The molecular formula is C28H29N5O7. The van der Waals surface area contributed by atoms with Crippen LogP contribution in [0, 0.1) is 10.1 Å². The zero-order valence-corrected chi connectivity index (χ0v) is 21.4. The van der Waals surface area contributed by atoms with Gasteiger partial charge in [0.15, 0.2) is 0 Å². The van der Waals surface area contributed by atoms with Gasteiger partial charge in [-0.3, -0.25) is 19.8 Å². The molecule has 40 heavy (non-hydrogen) atoms. The Kier molecular flexibility index (Phi) is 8.60. The number of amides is 4. The molecule has 0 unspecified atom stereocenters. The topological polar surface area (TPSA) is 188 Å². The number of hydrogen-bond acceptors (Lipinski definition) is 6. The summed E-state index contributed by atoms with van der Waals surface area (Å²) in [5, 5.41) is 36.1. The van der Waals surface area contributed by atoms with Crippen LogP contribution in [-0.4, -0.2) is 57.2 Å². The summed E-state index contributed by atoms with van der Waals surface area (Å²) in [5.41, 5.74) is 8.79. The van der Waals surface area contributed by atoms with Crippen LogP contribution >= 0.6 is 0 Å². The Hall–Kier alpha value is -4.97. The molecule has 1 aliphatic rings. The molecule has 0 fully saturated rings. The Morgan fingerprint density at radius 2 is 1.65 bits per heavy atom. The van der Waals surface area contributed by atoms with Crippen LogP contribution in [0.2, 0.25) is 0 Å². The smallest absolute Gasteiger partial charge is 0.408 e. The van der Waals surface area contributed by atoms with Gasteiger partial charge in [0.25, 0.3) is 5.69 Å². The Bertz CT molecular complexity index is 1400. The highest BCUT2D eigenvalue weighted by molar-refractivity contribution is 5.97. The van der Waals surface area contributed by atoms with E-state index >= 15 is 0 Å². The van der Waals surface area contributed by atoms with Crippen LogP contribution in [0.3, 0.4) is 0 Å². The van der Waals surface area contributed by atoms with Crippen LogP contribution in [0.4, 0.5) is 21.0 Å². The van der Waals surface area contributed by atoms with Crippen molar-refractivity contribution in [3.63, 3.8) is 0 Å². The first-order chi connectivity index (χ1) is 19.2. The molecule has 4 amide bonds. The minimum atomic E-state index is -1.31. The van der Waals surface area contributed by atoms with Crippen LogP contribution in [0.15, 0.2) is 66.7 Å². The van der Waals surface area contributed by atoms with Gasteiger partial charge < -0.3 is 26.6 Å². The third-order valence-electron chi connectivity index (χ3n) is 6.94. The number of nitrogens with zero attached hydrogens (tertiary/aromatic N) is 2. The second kappa shape index (κ2) is 12.3. The Morgan fingerprint density at radius 3 is 2.20 bits per heavy atom. The number of benzene rings is 3. The molecule has 12 nitrogen and oxygen atoms in total. The van der Waals surface area contributed by atoms with Crippen LogP contribution in [0.1, 0.15) is 35.4 Å². The number of urea groups is 1. The molecule has 208 valence electrons. The summed E-state index contributed by atoms with van der Waals surface area (Å²) in [4.78, 5) is 49.1. The fraction of sp³-hybridized carbons (Fsp3) is 0.250. The second-order valence-corrected chi connectivity index (χ2v) is 9.36. The number of hydrogen-bond donors (Lipinski definition) is 5. The maximum Gasteiger partial charge on any atom is 0.408 e. The minimum Gasteiger partial charge on any atom is -0.465 e. The molecule has 4 rings (SSSR count). The molecule has 0 saturated carbocycles. The number of carboxylic acid groups (broad SMARTS) is 1. The molecule has 1 atom stereocenters. The predicted octanol–water partition coefficient (Wildman–Crippen LogP) is 3.64. The molecule has 3 aromatic carbocycles. The standard InChI is InChI=1S/C28H29N5O7/c29-27(36)30-13-5-10-24(26(35)31-18-12-11-17(16-34)25(14-18)33(39)40)32(28(37)38)15-23-21-8-3-1-6-19(21)20-7-2-4-9-22(20)23/h1-4,6-9,11-12,14,23-24,34H,5,10,13,15-16H2,(H,31,35)(H,37,38)(H3,29,30,36)/t24-/m0/s1. The van der Waals surface area contributed by atoms with Crippen molar-refractivity contribution in [3.8, 4) is 11.1 Å². The van der Waals surface area contributed by atoms with Gasteiger partial charge in [-0.1, -0.05) is 48.5 Å². The number of carbonyl (C=O) groups is 3. The van der Waals surface area contributed by atoms with Gasteiger partial charge in [0.1, 0.15) is 6.04 Å². The van der Waals surface area contributed by atoms with Crippen LogP contribution in [0.5, 0.6) is 0 Å². The SMILES string of the molecule is NC(=O)NCCC[C@@H](C(=O)Nc1ccc(CO)c([N+](=O)[O-])c1)N(CC1c2ccccc2-c2ccccc21)C(=O)O. The van der Waals surface area contributed by atoms with Crippen molar-refractivity contribution in [1.29, 1.82) is 0 Å². The van der Waals surface area contributed by atoms with Crippen molar-refractivity contribution < 1.29 is 29.5 Å². The summed E-state index contributed by atoms with van der Waals surface area (Å²) in [6.07, 6.45) is -1.02. The Balaban J connectivity index is 1.65. The molecule has 0 saturated heterocycles. The first-order valence-electron chi connectivity index (χ1n) is 12.6. The van der Waals surface area contributed by atoms with Gasteiger partial charge in [0.05, 0.1) is 17.1 Å². The van der Waals surface area contributed by atoms with Crippen LogP contribution < -0.4 is 16.4 Å². The van der Waals surface area contributed by atoms with Crippen molar-refractivity contribution in [2.24, 2.45) is 5.73 Å². The van der Waals surface area contributed by atoms with Gasteiger partial charge in [-0.2, -0.15) is 0 Å². The van der Waals surface area contributed by atoms with E-state index in [-0.39, 0.29) is 48.8 Å². The third-order valence-corrected chi connectivity index (χ3v) is 6.94. The van der Waals surface area contributed by atoms with E-state index in [9.17, 15) is 34.7 Å². The summed E-state index contributed by atoms with van der Waals surface area (Å²) in [6.45, 7) is -0.455. The lowest BCUT2D eigenvalue weighted by atomic mass is 9.95. The van der Waals surface area contributed by atoms with Gasteiger partial charge in [0, 0.05) is 30.8 Å². The molecule has 3 aromatic rings. The van der Waals surface area contributed by atoms with E-state index in [1.54, 1.807) is 0 Å². The van der Waals surface area contributed by atoms with Gasteiger partial charge in [0.2, 0.25) is 5.91 Å². The van der Waals surface area contributed by atoms with Crippen molar-refractivity contribution in [2.75, 3.05) is 18.4 Å². The van der Waals surface area contributed by atoms with Crippen molar-refractivity contribution in [3.05, 3.63) is 93.5 Å². The molecule has 0 bridgehead atoms. The van der Waals surface area contributed by atoms with E-state index in [0.29, 0.717) is 0 Å². The van der Waals surface area contributed by atoms with Gasteiger partial charge in [-0.05, 0) is 47.2 Å². The lowest BCUT2D eigenvalue weighted by molar-refractivity contribution is -0.385. The van der Waals surface area contributed by atoms with E-state index in [2.05, 4.69) is 10.6 Å². The monoisotopic (exact) mass is 547 g/mol. The van der Waals surface area contributed by atoms with Crippen molar-refractivity contribution in [2.45, 2.75) is 31.4 Å². The van der Waals surface area contributed by atoms with Crippen LogP contribution in [0.25, 0.3) is 11.1 Å². The number of nitrogens with two attached hydrogens (primary N) is 1. The van der Waals surface area contributed by atoms with E-state index in [1.807, 2.05) is 48.5 Å². The third kappa shape index (κ3) is 6.02. The molecule has 0 aliphatic heterocycles. The predicted molar refractivity (Wildman–Crippen MR) is 147 cm³/mol. The summed E-state index contributed by atoms with van der Waals surface area (Å²) in [5.74, 6) is -1.01. The normalized spacial score (nSPS) is 12.6. The number of fused-ring (bicyclic) bond motifs is 3.